The molecule has 0 atom stereocenters. The number of nitrogens with zero attached hydrogens (tertiary/aromatic N) is 1. The van der Waals surface area contributed by atoms with Crippen molar-refractivity contribution in [3.05, 3.63) is 29.6 Å². The van der Waals surface area contributed by atoms with Crippen LogP contribution in [-0.2, 0) is 11.3 Å². The third-order valence-electron chi connectivity index (χ3n) is 2.38. The van der Waals surface area contributed by atoms with E-state index in [4.69, 9.17) is 4.74 Å². The molecule has 0 amide bonds. The Morgan fingerprint density at radius 2 is 2.19 bits per heavy atom. The number of rotatable bonds is 8. The lowest BCUT2D eigenvalue weighted by molar-refractivity contribution is 0.143. The average Bonchev–Trinajstić information content (AvgIpc) is 2.30. The second-order valence-corrected chi connectivity index (χ2v) is 3.91. The molecule has 90 valence electrons. The van der Waals surface area contributed by atoms with Gasteiger partial charge in [0.25, 0.3) is 0 Å². The SMILES string of the molecule is CCOCCCCNCc1ccc(C)cn1. The largest absolute Gasteiger partial charge is 0.382 e. The average molecular weight is 222 g/mol. The molecule has 3 nitrogen and oxygen atoms in total. The van der Waals surface area contributed by atoms with Crippen molar-refractivity contribution in [2.45, 2.75) is 33.2 Å². The molecule has 0 radical (unpaired) electrons. The molecule has 1 N–H and O–H groups in total. The molecular weight excluding hydrogens is 200 g/mol. The van der Waals surface area contributed by atoms with Gasteiger partial charge in [-0.1, -0.05) is 6.07 Å². The van der Waals surface area contributed by atoms with Crippen LogP contribution in [0, 0.1) is 6.92 Å². The molecule has 16 heavy (non-hydrogen) atoms. The van der Waals surface area contributed by atoms with Gasteiger partial charge in [0.15, 0.2) is 0 Å². The zero-order chi connectivity index (χ0) is 11.6. The lowest BCUT2D eigenvalue weighted by Crippen LogP contribution is -2.16. The maximum Gasteiger partial charge on any atom is 0.0541 e. The van der Waals surface area contributed by atoms with Crippen LogP contribution in [0.4, 0.5) is 0 Å². The van der Waals surface area contributed by atoms with Crippen molar-refractivity contribution in [2.75, 3.05) is 19.8 Å². The van der Waals surface area contributed by atoms with E-state index in [9.17, 15) is 0 Å². The van der Waals surface area contributed by atoms with Gasteiger partial charge in [-0.15, -0.1) is 0 Å². The minimum atomic E-state index is 0.820. The number of hydrogen-bond donors (Lipinski definition) is 1. The number of hydrogen-bond acceptors (Lipinski definition) is 3. The summed E-state index contributed by atoms with van der Waals surface area (Å²) in [5.41, 5.74) is 2.32. The number of ether oxygens (including phenoxy) is 1. The van der Waals surface area contributed by atoms with Gasteiger partial charge >= 0.3 is 0 Å². The van der Waals surface area contributed by atoms with Gasteiger partial charge in [0, 0.05) is 26.0 Å². The maximum atomic E-state index is 5.27. The van der Waals surface area contributed by atoms with Crippen LogP contribution in [0.25, 0.3) is 0 Å². The van der Waals surface area contributed by atoms with Crippen molar-refractivity contribution in [1.82, 2.24) is 10.3 Å². The fourth-order valence-electron chi connectivity index (χ4n) is 1.42. The van der Waals surface area contributed by atoms with E-state index in [0.717, 1.165) is 44.8 Å². The highest BCUT2D eigenvalue weighted by atomic mass is 16.5. The van der Waals surface area contributed by atoms with E-state index in [1.807, 2.05) is 13.1 Å². The normalized spacial score (nSPS) is 10.6. The molecule has 1 heterocycles. The molecule has 1 aromatic rings. The van der Waals surface area contributed by atoms with Crippen LogP contribution in [0.2, 0.25) is 0 Å². The van der Waals surface area contributed by atoms with Crippen molar-refractivity contribution >= 4 is 0 Å². The third-order valence-corrected chi connectivity index (χ3v) is 2.38. The summed E-state index contributed by atoms with van der Waals surface area (Å²) in [5.74, 6) is 0. The first-order valence-electron chi connectivity index (χ1n) is 6.03. The summed E-state index contributed by atoms with van der Waals surface area (Å²) in [4.78, 5) is 4.34. The second-order valence-electron chi connectivity index (χ2n) is 3.91. The standard InChI is InChI=1S/C13H22N2O/c1-3-16-9-5-4-8-14-11-13-7-6-12(2)10-15-13/h6-7,10,14H,3-5,8-9,11H2,1-2H3. The Kier molecular flexibility index (Phi) is 6.77. The molecule has 0 saturated heterocycles. The maximum absolute atomic E-state index is 5.27. The van der Waals surface area contributed by atoms with E-state index in [0.29, 0.717) is 0 Å². The fourth-order valence-corrected chi connectivity index (χ4v) is 1.42. The van der Waals surface area contributed by atoms with Crippen molar-refractivity contribution in [3.8, 4) is 0 Å². The lowest BCUT2D eigenvalue weighted by Gasteiger charge is -2.04. The van der Waals surface area contributed by atoms with E-state index >= 15 is 0 Å². The van der Waals surface area contributed by atoms with Crippen molar-refractivity contribution in [3.63, 3.8) is 0 Å². The summed E-state index contributed by atoms with van der Waals surface area (Å²) in [6.07, 6.45) is 4.19. The molecule has 0 aliphatic heterocycles. The molecular formula is C13H22N2O. The van der Waals surface area contributed by atoms with E-state index in [1.54, 1.807) is 0 Å². The minimum Gasteiger partial charge on any atom is -0.382 e. The van der Waals surface area contributed by atoms with E-state index < -0.39 is 0 Å². The molecule has 3 heteroatoms. The highest BCUT2D eigenvalue weighted by Gasteiger charge is 1.93. The van der Waals surface area contributed by atoms with Gasteiger partial charge in [0.05, 0.1) is 5.69 Å². The molecule has 0 aliphatic rings. The van der Waals surface area contributed by atoms with Crippen LogP contribution in [0.5, 0.6) is 0 Å². The van der Waals surface area contributed by atoms with Gasteiger partial charge in [0.2, 0.25) is 0 Å². The summed E-state index contributed by atoms with van der Waals surface area (Å²) < 4.78 is 5.27. The van der Waals surface area contributed by atoms with Crippen LogP contribution in [-0.4, -0.2) is 24.7 Å². The van der Waals surface area contributed by atoms with E-state index in [2.05, 4.69) is 29.4 Å². The van der Waals surface area contributed by atoms with Gasteiger partial charge in [-0.05, 0) is 44.9 Å². The lowest BCUT2D eigenvalue weighted by atomic mass is 10.2. The third kappa shape index (κ3) is 5.83. The van der Waals surface area contributed by atoms with Gasteiger partial charge in [-0.3, -0.25) is 4.98 Å². The summed E-state index contributed by atoms with van der Waals surface area (Å²) in [7, 11) is 0. The number of pyridine rings is 1. The number of aryl methyl sites for hydroxylation is 1. The van der Waals surface area contributed by atoms with Crippen LogP contribution < -0.4 is 5.32 Å². The number of aromatic nitrogens is 1. The van der Waals surface area contributed by atoms with Crippen molar-refractivity contribution in [1.29, 1.82) is 0 Å². The summed E-state index contributed by atoms with van der Waals surface area (Å²) in [5, 5.41) is 3.38. The predicted molar refractivity (Wildman–Crippen MR) is 66.4 cm³/mol. The molecule has 0 fully saturated rings. The zero-order valence-electron chi connectivity index (χ0n) is 10.3. The Hall–Kier alpha value is -0.930. The summed E-state index contributed by atoms with van der Waals surface area (Å²) in [6, 6.07) is 4.17. The Bertz CT molecular complexity index is 272. The second kappa shape index (κ2) is 8.25. The Labute approximate surface area is 98.2 Å². The zero-order valence-corrected chi connectivity index (χ0v) is 10.3. The molecule has 1 rings (SSSR count). The molecule has 0 aromatic carbocycles. The van der Waals surface area contributed by atoms with Gasteiger partial charge in [0.1, 0.15) is 0 Å². The molecule has 1 aromatic heterocycles. The highest BCUT2D eigenvalue weighted by Crippen LogP contribution is 1.98. The quantitative estimate of drug-likeness (QED) is 0.685. The van der Waals surface area contributed by atoms with Crippen LogP contribution in [0.15, 0.2) is 18.3 Å². The monoisotopic (exact) mass is 222 g/mol. The first-order valence-corrected chi connectivity index (χ1v) is 6.03. The fraction of sp³-hybridized carbons (Fsp3) is 0.615. The van der Waals surface area contributed by atoms with Gasteiger partial charge < -0.3 is 10.1 Å². The smallest absolute Gasteiger partial charge is 0.0541 e. The van der Waals surface area contributed by atoms with Gasteiger partial charge in [-0.2, -0.15) is 0 Å². The number of nitrogens with one attached hydrogen (secondary N) is 1. The highest BCUT2D eigenvalue weighted by molar-refractivity contribution is 5.11. The van der Waals surface area contributed by atoms with Gasteiger partial charge in [-0.25, -0.2) is 0 Å². The molecule has 0 saturated carbocycles. The van der Waals surface area contributed by atoms with Crippen molar-refractivity contribution in [2.24, 2.45) is 0 Å². The first-order chi connectivity index (χ1) is 7.83. The van der Waals surface area contributed by atoms with Crippen molar-refractivity contribution < 1.29 is 4.74 Å². The Morgan fingerprint density at radius 1 is 1.31 bits per heavy atom. The molecule has 0 spiro atoms. The van der Waals surface area contributed by atoms with Crippen LogP contribution in [0.3, 0.4) is 0 Å². The van der Waals surface area contributed by atoms with Crippen LogP contribution in [0.1, 0.15) is 31.0 Å². The molecule has 0 unspecified atom stereocenters. The summed E-state index contributed by atoms with van der Waals surface area (Å²) in [6.45, 7) is 7.67. The first kappa shape index (κ1) is 13.1. The number of unbranched alkanes of at least 4 members (excludes halogenated alkanes) is 1. The topological polar surface area (TPSA) is 34.1 Å². The molecule has 0 aliphatic carbocycles. The predicted octanol–water partition coefficient (Wildman–Crippen LogP) is 2.30. The summed E-state index contributed by atoms with van der Waals surface area (Å²) >= 11 is 0. The molecule has 0 bridgehead atoms. The Balaban J connectivity index is 2.01. The van der Waals surface area contributed by atoms with E-state index in [-0.39, 0.29) is 0 Å². The minimum absolute atomic E-state index is 0.820. The Morgan fingerprint density at radius 3 is 2.88 bits per heavy atom. The van der Waals surface area contributed by atoms with E-state index in [1.165, 1.54) is 5.56 Å². The van der Waals surface area contributed by atoms with Crippen LogP contribution >= 0.6 is 0 Å².